The van der Waals surface area contributed by atoms with E-state index in [0.29, 0.717) is 5.16 Å². The Bertz CT molecular complexity index is 682. The Hall–Kier alpha value is -1.86. The maximum atomic E-state index is 12.3. The number of rotatable bonds is 5. The first kappa shape index (κ1) is 16.0. The fourth-order valence-corrected chi connectivity index (χ4v) is 3.14. The number of hydrogen-bond donors (Lipinski definition) is 2. The number of carbonyl (C=O) groups excluding carboxylic acids is 1. The van der Waals surface area contributed by atoms with Crippen LogP contribution in [0.5, 0.6) is 0 Å². The van der Waals surface area contributed by atoms with E-state index < -0.39 is 0 Å². The third kappa shape index (κ3) is 3.92. The molecule has 1 amide bonds. The molecule has 23 heavy (non-hydrogen) atoms. The number of ether oxygens (including phenoxy) is 1. The zero-order valence-corrected chi connectivity index (χ0v) is 14.0. The zero-order chi connectivity index (χ0) is 16.2. The minimum absolute atomic E-state index is 0.00736. The predicted octanol–water partition coefficient (Wildman–Crippen LogP) is 3.08. The third-order valence-corrected chi connectivity index (χ3v) is 4.73. The summed E-state index contributed by atoms with van der Waals surface area (Å²) in [5.74, 6) is 0.685. The molecule has 1 aromatic heterocycles. The molecule has 0 radical (unpaired) electrons. The van der Waals surface area contributed by atoms with E-state index in [9.17, 15) is 4.79 Å². The number of para-hydroxylation sites is 1. The number of carbonyl (C=O) groups is 1. The number of anilines is 1. The van der Waals surface area contributed by atoms with E-state index in [0.717, 1.165) is 36.5 Å². The summed E-state index contributed by atoms with van der Waals surface area (Å²) in [7, 11) is 0. The number of thioether (sulfide) groups is 1. The monoisotopic (exact) mass is 332 g/mol. The Balaban J connectivity index is 1.59. The lowest BCUT2D eigenvalue weighted by Gasteiger charge is -2.11. The molecule has 1 fully saturated rings. The van der Waals surface area contributed by atoms with Crippen molar-refractivity contribution in [2.24, 2.45) is 0 Å². The van der Waals surface area contributed by atoms with E-state index in [1.54, 1.807) is 0 Å². The average molecular weight is 332 g/mol. The Morgan fingerprint density at radius 1 is 1.48 bits per heavy atom. The van der Waals surface area contributed by atoms with Gasteiger partial charge in [-0.05, 0) is 38.3 Å². The molecule has 6 nitrogen and oxygen atoms in total. The number of benzene rings is 1. The standard InChI is InChI=1S/C16H20N4O2S/c1-10-6-3-4-7-12(10)17-15(21)11(2)23-16-18-14(19-20-16)13-8-5-9-22-13/h3-4,6-7,11,13H,5,8-9H2,1-2H3,(H,17,21)(H,18,19,20)/t11-,13-/m0/s1. The molecule has 0 saturated carbocycles. The van der Waals surface area contributed by atoms with Crippen LogP contribution in [0, 0.1) is 6.92 Å². The first-order valence-electron chi connectivity index (χ1n) is 7.70. The van der Waals surface area contributed by atoms with Crippen molar-refractivity contribution in [2.45, 2.75) is 43.2 Å². The molecule has 122 valence electrons. The number of amides is 1. The quantitative estimate of drug-likeness (QED) is 0.823. The van der Waals surface area contributed by atoms with Crippen LogP contribution in [0.3, 0.4) is 0 Å². The van der Waals surface area contributed by atoms with Gasteiger partial charge in [0.2, 0.25) is 11.1 Å². The molecule has 1 aliphatic heterocycles. The van der Waals surface area contributed by atoms with Crippen LogP contribution in [-0.4, -0.2) is 32.9 Å². The van der Waals surface area contributed by atoms with Crippen LogP contribution in [0.1, 0.15) is 37.3 Å². The Kier molecular flexibility index (Phi) is 4.97. The normalized spacial score (nSPS) is 18.8. The Morgan fingerprint density at radius 3 is 3.04 bits per heavy atom. The van der Waals surface area contributed by atoms with E-state index in [2.05, 4.69) is 20.5 Å². The average Bonchev–Trinajstić information content (AvgIpc) is 3.20. The molecule has 0 bridgehead atoms. The van der Waals surface area contributed by atoms with Crippen LogP contribution in [0.25, 0.3) is 0 Å². The molecule has 0 unspecified atom stereocenters. The number of aromatic nitrogens is 3. The van der Waals surface area contributed by atoms with Crippen LogP contribution in [0.15, 0.2) is 29.4 Å². The minimum atomic E-state index is -0.289. The number of nitrogens with one attached hydrogen (secondary N) is 2. The third-order valence-electron chi connectivity index (χ3n) is 3.77. The Morgan fingerprint density at radius 2 is 2.30 bits per heavy atom. The second-order valence-electron chi connectivity index (χ2n) is 5.57. The highest BCUT2D eigenvalue weighted by molar-refractivity contribution is 8.00. The van der Waals surface area contributed by atoms with Gasteiger partial charge in [0, 0.05) is 12.3 Å². The molecule has 7 heteroatoms. The largest absolute Gasteiger partial charge is 0.370 e. The maximum absolute atomic E-state index is 12.3. The van der Waals surface area contributed by atoms with Gasteiger partial charge in [0.15, 0.2) is 5.82 Å². The van der Waals surface area contributed by atoms with Gasteiger partial charge in [-0.3, -0.25) is 9.89 Å². The van der Waals surface area contributed by atoms with Crippen molar-refractivity contribution < 1.29 is 9.53 Å². The highest BCUT2D eigenvalue weighted by atomic mass is 32.2. The van der Waals surface area contributed by atoms with Gasteiger partial charge in [0.05, 0.1) is 5.25 Å². The topological polar surface area (TPSA) is 79.9 Å². The molecule has 1 saturated heterocycles. The van der Waals surface area contributed by atoms with Crippen LogP contribution in [-0.2, 0) is 9.53 Å². The molecular weight excluding hydrogens is 312 g/mol. The second kappa shape index (κ2) is 7.14. The van der Waals surface area contributed by atoms with Crippen LogP contribution >= 0.6 is 11.8 Å². The van der Waals surface area contributed by atoms with Crippen molar-refractivity contribution in [3.8, 4) is 0 Å². The fraction of sp³-hybridized carbons (Fsp3) is 0.438. The number of hydrogen-bond acceptors (Lipinski definition) is 5. The van der Waals surface area contributed by atoms with E-state index >= 15 is 0 Å². The molecule has 2 heterocycles. The maximum Gasteiger partial charge on any atom is 0.237 e. The van der Waals surface area contributed by atoms with Crippen LogP contribution in [0.2, 0.25) is 0 Å². The molecular formula is C16H20N4O2S. The van der Waals surface area contributed by atoms with Gasteiger partial charge in [0.25, 0.3) is 0 Å². The van der Waals surface area contributed by atoms with Crippen molar-refractivity contribution in [1.29, 1.82) is 0 Å². The smallest absolute Gasteiger partial charge is 0.237 e. The van der Waals surface area contributed by atoms with E-state index in [1.807, 2.05) is 38.1 Å². The molecule has 0 aliphatic carbocycles. The molecule has 2 aromatic rings. The van der Waals surface area contributed by atoms with Crippen molar-refractivity contribution in [2.75, 3.05) is 11.9 Å². The van der Waals surface area contributed by atoms with Gasteiger partial charge >= 0.3 is 0 Å². The van der Waals surface area contributed by atoms with Gasteiger partial charge in [-0.15, -0.1) is 5.10 Å². The first-order chi connectivity index (χ1) is 11.1. The number of aryl methyl sites for hydroxylation is 1. The zero-order valence-electron chi connectivity index (χ0n) is 13.2. The lowest BCUT2D eigenvalue weighted by molar-refractivity contribution is -0.115. The summed E-state index contributed by atoms with van der Waals surface area (Å²) in [5, 5.41) is 10.3. The molecule has 2 atom stereocenters. The van der Waals surface area contributed by atoms with Gasteiger partial charge in [-0.1, -0.05) is 30.0 Å². The number of H-pyrrole nitrogens is 1. The number of aromatic amines is 1. The highest BCUT2D eigenvalue weighted by Gasteiger charge is 2.23. The minimum Gasteiger partial charge on any atom is -0.370 e. The van der Waals surface area contributed by atoms with Gasteiger partial charge in [-0.2, -0.15) is 0 Å². The van der Waals surface area contributed by atoms with Gasteiger partial charge in [0.1, 0.15) is 6.10 Å². The molecule has 2 N–H and O–H groups in total. The summed E-state index contributed by atoms with van der Waals surface area (Å²) >= 11 is 1.34. The summed E-state index contributed by atoms with van der Waals surface area (Å²) in [4.78, 5) is 16.7. The summed E-state index contributed by atoms with van der Waals surface area (Å²) in [6.07, 6.45) is 2.01. The Labute approximate surface area is 139 Å². The van der Waals surface area contributed by atoms with Crippen LogP contribution < -0.4 is 5.32 Å². The molecule has 0 spiro atoms. The van der Waals surface area contributed by atoms with Gasteiger partial charge in [-0.25, -0.2) is 4.98 Å². The van der Waals surface area contributed by atoms with Crippen molar-refractivity contribution in [3.63, 3.8) is 0 Å². The lowest BCUT2D eigenvalue weighted by Crippen LogP contribution is -2.22. The second-order valence-corrected chi connectivity index (χ2v) is 6.88. The lowest BCUT2D eigenvalue weighted by atomic mass is 10.2. The van der Waals surface area contributed by atoms with E-state index in [-0.39, 0.29) is 17.3 Å². The van der Waals surface area contributed by atoms with E-state index in [4.69, 9.17) is 4.74 Å². The number of nitrogens with zero attached hydrogens (tertiary/aromatic N) is 2. The van der Waals surface area contributed by atoms with Gasteiger partial charge < -0.3 is 10.1 Å². The summed E-state index contributed by atoms with van der Waals surface area (Å²) in [5.41, 5.74) is 1.87. The molecule has 1 aromatic carbocycles. The van der Waals surface area contributed by atoms with Crippen molar-refractivity contribution in [1.82, 2.24) is 15.2 Å². The van der Waals surface area contributed by atoms with E-state index in [1.165, 1.54) is 11.8 Å². The molecule has 3 rings (SSSR count). The fourth-order valence-electron chi connectivity index (χ4n) is 2.41. The van der Waals surface area contributed by atoms with Crippen molar-refractivity contribution in [3.05, 3.63) is 35.7 Å². The first-order valence-corrected chi connectivity index (χ1v) is 8.58. The predicted molar refractivity (Wildman–Crippen MR) is 89.4 cm³/mol. The highest BCUT2D eigenvalue weighted by Crippen LogP contribution is 2.28. The summed E-state index contributed by atoms with van der Waals surface area (Å²) in [6, 6.07) is 7.72. The van der Waals surface area contributed by atoms with Crippen LogP contribution in [0.4, 0.5) is 5.69 Å². The van der Waals surface area contributed by atoms with Crippen molar-refractivity contribution >= 4 is 23.4 Å². The SMILES string of the molecule is Cc1ccccc1NC(=O)[C@H](C)Sc1n[nH]c([C@@H]2CCCO2)n1. The summed E-state index contributed by atoms with van der Waals surface area (Å²) < 4.78 is 5.57. The molecule has 1 aliphatic rings. The summed E-state index contributed by atoms with van der Waals surface area (Å²) in [6.45, 7) is 4.58.